The van der Waals surface area contributed by atoms with Crippen LogP contribution in [0.25, 0.3) is 0 Å². The van der Waals surface area contributed by atoms with E-state index in [1.807, 2.05) is 38.8 Å². The molecule has 0 fully saturated rings. The number of benzene rings is 1. The molecule has 6 heteroatoms. The first-order valence-electron chi connectivity index (χ1n) is 8.15. The van der Waals surface area contributed by atoms with Gasteiger partial charge in [0.1, 0.15) is 17.7 Å². The Morgan fingerprint density at radius 2 is 1.84 bits per heavy atom. The van der Waals surface area contributed by atoms with Gasteiger partial charge < -0.3 is 9.64 Å². The van der Waals surface area contributed by atoms with Crippen molar-refractivity contribution in [2.75, 3.05) is 13.6 Å². The molecule has 1 aromatic heterocycles. The Bertz CT molecular complexity index is 757. The van der Waals surface area contributed by atoms with Crippen LogP contribution in [0.5, 0.6) is 5.88 Å². The largest absolute Gasteiger partial charge is 0.470 e. The number of hydrogen-bond acceptors (Lipinski definition) is 3. The molecule has 0 N–H and O–H groups in total. The summed E-state index contributed by atoms with van der Waals surface area (Å²) in [6.07, 6.45) is 1.22. The van der Waals surface area contributed by atoms with Gasteiger partial charge in [0.05, 0.1) is 17.7 Å². The zero-order valence-corrected chi connectivity index (χ0v) is 15.2. The average molecular weight is 347 g/mol. The van der Waals surface area contributed by atoms with Crippen LogP contribution < -0.4 is 4.74 Å². The van der Waals surface area contributed by atoms with Crippen LogP contribution in [0.3, 0.4) is 0 Å². The Hall–Kier alpha value is -2.50. The van der Waals surface area contributed by atoms with E-state index in [1.54, 1.807) is 13.3 Å². The SMILES string of the molecule is CCN(C)C=Nc1cc(C)c(O[C@@H](C)c2cc(F)cc(F)c2)nc1C. The molecule has 25 heavy (non-hydrogen) atoms. The lowest BCUT2D eigenvalue weighted by atomic mass is 10.1. The molecule has 0 saturated heterocycles. The fourth-order valence-corrected chi connectivity index (χ4v) is 2.21. The van der Waals surface area contributed by atoms with E-state index in [4.69, 9.17) is 4.74 Å². The minimum Gasteiger partial charge on any atom is -0.470 e. The molecule has 134 valence electrons. The molecule has 2 aromatic rings. The Labute approximate surface area is 147 Å². The first-order chi connectivity index (χ1) is 11.8. The summed E-state index contributed by atoms with van der Waals surface area (Å²) < 4.78 is 32.6. The summed E-state index contributed by atoms with van der Waals surface area (Å²) in [7, 11) is 1.94. The highest BCUT2D eigenvalue weighted by Crippen LogP contribution is 2.28. The molecule has 2 rings (SSSR count). The summed E-state index contributed by atoms with van der Waals surface area (Å²) in [5, 5.41) is 0. The van der Waals surface area contributed by atoms with Gasteiger partial charge in [-0.3, -0.25) is 0 Å². The third kappa shape index (κ3) is 4.98. The topological polar surface area (TPSA) is 37.7 Å². The minimum absolute atomic E-state index is 0.419. The van der Waals surface area contributed by atoms with Gasteiger partial charge in [0.2, 0.25) is 5.88 Å². The molecule has 1 atom stereocenters. The van der Waals surface area contributed by atoms with Crippen molar-refractivity contribution in [2.24, 2.45) is 4.99 Å². The Kier molecular flexibility index (Phi) is 6.07. The zero-order chi connectivity index (χ0) is 18.6. The maximum absolute atomic E-state index is 13.4. The van der Waals surface area contributed by atoms with Crippen LogP contribution in [0.4, 0.5) is 14.5 Å². The predicted octanol–water partition coefficient (Wildman–Crippen LogP) is 4.73. The van der Waals surface area contributed by atoms with Gasteiger partial charge in [-0.2, -0.15) is 0 Å². The molecule has 0 amide bonds. The van der Waals surface area contributed by atoms with Crippen LogP contribution in [0.1, 0.15) is 36.8 Å². The molecule has 0 spiro atoms. The average Bonchev–Trinajstić information content (AvgIpc) is 2.55. The van der Waals surface area contributed by atoms with Crippen molar-refractivity contribution < 1.29 is 13.5 Å². The quantitative estimate of drug-likeness (QED) is 0.560. The highest BCUT2D eigenvalue weighted by Gasteiger charge is 2.14. The van der Waals surface area contributed by atoms with Crippen LogP contribution in [-0.4, -0.2) is 29.8 Å². The van der Waals surface area contributed by atoms with E-state index in [0.29, 0.717) is 11.4 Å². The summed E-state index contributed by atoms with van der Waals surface area (Å²) in [6.45, 7) is 8.33. The van der Waals surface area contributed by atoms with Gasteiger partial charge >= 0.3 is 0 Å². The summed E-state index contributed by atoms with van der Waals surface area (Å²) >= 11 is 0. The van der Waals surface area contributed by atoms with E-state index in [-0.39, 0.29) is 0 Å². The molecular weight excluding hydrogens is 324 g/mol. The van der Waals surface area contributed by atoms with Gasteiger partial charge in [0.25, 0.3) is 0 Å². The van der Waals surface area contributed by atoms with E-state index in [1.165, 1.54) is 12.1 Å². The Morgan fingerprint density at radius 1 is 1.20 bits per heavy atom. The molecule has 0 aliphatic rings. The van der Waals surface area contributed by atoms with Crippen molar-refractivity contribution >= 4 is 12.0 Å². The lowest BCUT2D eigenvalue weighted by molar-refractivity contribution is 0.214. The van der Waals surface area contributed by atoms with Gasteiger partial charge in [-0.15, -0.1) is 0 Å². The van der Waals surface area contributed by atoms with Crippen LogP contribution >= 0.6 is 0 Å². The first kappa shape index (κ1) is 18.8. The van der Waals surface area contributed by atoms with Crippen LogP contribution in [-0.2, 0) is 0 Å². The van der Waals surface area contributed by atoms with Crippen LogP contribution in [0.2, 0.25) is 0 Å². The van der Waals surface area contributed by atoms with Gasteiger partial charge in [-0.05, 0) is 51.5 Å². The summed E-state index contributed by atoms with van der Waals surface area (Å²) in [4.78, 5) is 10.8. The molecule has 4 nitrogen and oxygen atoms in total. The fourth-order valence-electron chi connectivity index (χ4n) is 2.21. The van der Waals surface area contributed by atoms with Crippen molar-refractivity contribution in [1.29, 1.82) is 0 Å². The first-order valence-corrected chi connectivity index (χ1v) is 8.15. The van der Waals surface area contributed by atoms with E-state index in [2.05, 4.69) is 9.98 Å². The number of aromatic nitrogens is 1. The monoisotopic (exact) mass is 347 g/mol. The summed E-state index contributed by atoms with van der Waals surface area (Å²) in [5.41, 5.74) is 2.71. The van der Waals surface area contributed by atoms with E-state index in [9.17, 15) is 8.78 Å². The number of halogens is 2. The standard InChI is InChI=1S/C19H23F2N3O/c1-6-24(5)11-22-18-7-12(2)19(23-13(18)3)25-14(4)15-8-16(20)10-17(21)9-15/h7-11,14H,6H2,1-5H3/t14-/m0/s1. The van der Waals surface area contributed by atoms with E-state index < -0.39 is 17.7 Å². The number of ether oxygens (including phenoxy) is 1. The number of pyridine rings is 1. The molecule has 1 aromatic carbocycles. The maximum Gasteiger partial charge on any atom is 0.217 e. The van der Waals surface area contributed by atoms with Crippen LogP contribution in [0, 0.1) is 25.5 Å². The second-order valence-electron chi connectivity index (χ2n) is 6.00. The molecule has 0 unspecified atom stereocenters. The molecule has 0 bridgehead atoms. The van der Waals surface area contributed by atoms with Gasteiger partial charge in [0, 0.05) is 25.2 Å². The van der Waals surface area contributed by atoms with Gasteiger partial charge in [-0.25, -0.2) is 18.8 Å². The lowest BCUT2D eigenvalue weighted by Gasteiger charge is -2.17. The number of aryl methyl sites for hydroxylation is 2. The van der Waals surface area contributed by atoms with E-state index >= 15 is 0 Å². The second-order valence-corrected chi connectivity index (χ2v) is 6.00. The normalized spacial score (nSPS) is 12.4. The summed E-state index contributed by atoms with van der Waals surface area (Å²) in [5.74, 6) is -0.829. The van der Waals surface area contributed by atoms with E-state index in [0.717, 1.165) is 29.6 Å². The molecule has 1 heterocycles. The third-order valence-electron chi connectivity index (χ3n) is 3.87. The highest BCUT2D eigenvalue weighted by atomic mass is 19.1. The molecular formula is C19H23F2N3O. The van der Waals surface area contributed by atoms with Crippen molar-refractivity contribution in [3.63, 3.8) is 0 Å². The minimum atomic E-state index is -0.629. The van der Waals surface area contributed by atoms with Gasteiger partial charge in [-0.1, -0.05) is 0 Å². The van der Waals surface area contributed by atoms with Crippen molar-refractivity contribution in [2.45, 2.75) is 33.8 Å². The number of aliphatic imine (C=N–C) groups is 1. The van der Waals surface area contributed by atoms with Gasteiger partial charge in [0.15, 0.2) is 0 Å². The lowest BCUT2D eigenvalue weighted by Crippen LogP contribution is -2.14. The van der Waals surface area contributed by atoms with Crippen molar-refractivity contribution in [3.8, 4) is 5.88 Å². The zero-order valence-electron chi connectivity index (χ0n) is 15.2. The molecule has 0 aliphatic carbocycles. The second kappa shape index (κ2) is 8.05. The summed E-state index contributed by atoms with van der Waals surface area (Å²) in [6, 6.07) is 5.24. The Morgan fingerprint density at radius 3 is 2.44 bits per heavy atom. The predicted molar refractivity (Wildman–Crippen MR) is 95.6 cm³/mol. The van der Waals surface area contributed by atoms with Crippen molar-refractivity contribution in [3.05, 3.63) is 52.7 Å². The Balaban J connectivity index is 2.22. The maximum atomic E-state index is 13.4. The fraction of sp³-hybridized carbons (Fsp3) is 0.368. The molecule has 0 saturated carbocycles. The van der Waals surface area contributed by atoms with Crippen molar-refractivity contribution in [1.82, 2.24) is 9.88 Å². The highest BCUT2D eigenvalue weighted by molar-refractivity contribution is 5.62. The third-order valence-corrected chi connectivity index (χ3v) is 3.87. The number of rotatable bonds is 6. The number of hydrogen-bond donors (Lipinski definition) is 0. The number of nitrogens with zero attached hydrogens (tertiary/aromatic N) is 3. The van der Waals surface area contributed by atoms with Crippen LogP contribution in [0.15, 0.2) is 29.3 Å². The molecule has 0 radical (unpaired) electrons. The molecule has 0 aliphatic heterocycles. The smallest absolute Gasteiger partial charge is 0.217 e.